The quantitative estimate of drug-likeness (QED) is 0.915. The van der Waals surface area contributed by atoms with Crippen LogP contribution in [-0.4, -0.2) is 37.3 Å². The first-order valence-electron chi connectivity index (χ1n) is 7.52. The number of benzene rings is 1. The van der Waals surface area contributed by atoms with E-state index in [4.69, 9.17) is 14.2 Å². The molecule has 1 aromatic carbocycles. The van der Waals surface area contributed by atoms with Crippen molar-refractivity contribution in [2.75, 3.05) is 26.6 Å². The third-order valence-corrected chi connectivity index (χ3v) is 4.08. The van der Waals surface area contributed by atoms with Gasteiger partial charge in [-0.25, -0.2) is 0 Å². The van der Waals surface area contributed by atoms with Crippen LogP contribution in [0.1, 0.15) is 29.8 Å². The van der Waals surface area contributed by atoms with Crippen molar-refractivity contribution >= 4 is 5.69 Å². The number of ether oxygens (including phenoxy) is 3. The Morgan fingerprint density at radius 3 is 2.39 bits per heavy atom. The van der Waals surface area contributed by atoms with Gasteiger partial charge in [-0.15, -0.1) is 0 Å². The maximum atomic E-state index is 5.29. The molecule has 23 heavy (non-hydrogen) atoms. The van der Waals surface area contributed by atoms with E-state index in [-0.39, 0.29) is 12.0 Å². The predicted octanol–water partition coefficient (Wildman–Crippen LogP) is 2.59. The molecule has 6 nitrogen and oxygen atoms in total. The molecule has 2 heterocycles. The lowest BCUT2D eigenvalue weighted by Gasteiger charge is -2.16. The number of nitrogens with one attached hydrogen (secondary N) is 1. The first-order valence-corrected chi connectivity index (χ1v) is 7.52. The van der Waals surface area contributed by atoms with Crippen molar-refractivity contribution in [3.63, 3.8) is 0 Å². The van der Waals surface area contributed by atoms with E-state index >= 15 is 0 Å². The van der Waals surface area contributed by atoms with Gasteiger partial charge in [-0.1, -0.05) is 18.2 Å². The SMILES string of the molecule is COCc1cccc2c1NC(C)C2c1nc(OC)cc(OC)n1. The summed E-state index contributed by atoms with van der Waals surface area (Å²) < 4.78 is 15.8. The van der Waals surface area contributed by atoms with E-state index in [0.29, 0.717) is 24.2 Å². The first-order chi connectivity index (χ1) is 11.2. The molecule has 0 aliphatic carbocycles. The maximum Gasteiger partial charge on any atom is 0.220 e. The molecule has 2 atom stereocenters. The third-order valence-electron chi connectivity index (χ3n) is 4.08. The van der Waals surface area contributed by atoms with Crippen LogP contribution in [0, 0.1) is 0 Å². The fourth-order valence-electron chi connectivity index (χ4n) is 3.04. The molecule has 0 radical (unpaired) electrons. The monoisotopic (exact) mass is 315 g/mol. The van der Waals surface area contributed by atoms with Gasteiger partial charge in [-0.2, -0.15) is 9.97 Å². The molecule has 2 aromatic rings. The molecule has 6 heteroatoms. The van der Waals surface area contributed by atoms with Gasteiger partial charge in [0.2, 0.25) is 11.8 Å². The average Bonchev–Trinajstić information content (AvgIpc) is 2.91. The van der Waals surface area contributed by atoms with Crippen molar-refractivity contribution in [1.82, 2.24) is 9.97 Å². The molecule has 0 bridgehead atoms. The Bertz CT molecular complexity index is 683. The molecule has 1 aliphatic heterocycles. The molecule has 3 rings (SSSR count). The molecule has 0 fully saturated rings. The zero-order chi connectivity index (χ0) is 16.4. The first kappa shape index (κ1) is 15.6. The van der Waals surface area contributed by atoms with Gasteiger partial charge in [0.25, 0.3) is 0 Å². The van der Waals surface area contributed by atoms with Crippen molar-refractivity contribution < 1.29 is 14.2 Å². The van der Waals surface area contributed by atoms with E-state index in [1.165, 1.54) is 5.56 Å². The molecule has 0 saturated heterocycles. The smallest absolute Gasteiger partial charge is 0.220 e. The second kappa shape index (κ2) is 6.42. The van der Waals surface area contributed by atoms with Crippen LogP contribution < -0.4 is 14.8 Å². The summed E-state index contributed by atoms with van der Waals surface area (Å²) in [7, 11) is 4.88. The Hall–Kier alpha value is -2.34. The molecular weight excluding hydrogens is 294 g/mol. The van der Waals surface area contributed by atoms with E-state index in [0.717, 1.165) is 11.3 Å². The zero-order valence-corrected chi connectivity index (χ0v) is 13.8. The van der Waals surface area contributed by atoms with Crippen molar-refractivity contribution in [3.05, 3.63) is 41.2 Å². The summed E-state index contributed by atoms with van der Waals surface area (Å²) >= 11 is 0. The Morgan fingerprint density at radius 1 is 1.09 bits per heavy atom. The number of para-hydroxylation sites is 1. The maximum absolute atomic E-state index is 5.29. The fourth-order valence-corrected chi connectivity index (χ4v) is 3.04. The van der Waals surface area contributed by atoms with Crippen LogP contribution >= 0.6 is 0 Å². The number of hydrogen-bond acceptors (Lipinski definition) is 6. The molecule has 122 valence electrons. The predicted molar refractivity (Wildman–Crippen MR) is 87.2 cm³/mol. The minimum atomic E-state index is 0.0332. The topological polar surface area (TPSA) is 65.5 Å². The highest BCUT2D eigenvalue weighted by molar-refractivity contribution is 5.65. The van der Waals surface area contributed by atoms with Crippen LogP contribution in [0.4, 0.5) is 5.69 Å². The minimum absolute atomic E-state index is 0.0332. The van der Waals surface area contributed by atoms with Crippen LogP contribution in [0.25, 0.3) is 0 Å². The highest BCUT2D eigenvalue weighted by Gasteiger charge is 2.34. The highest BCUT2D eigenvalue weighted by Crippen LogP contribution is 2.41. The lowest BCUT2D eigenvalue weighted by Crippen LogP contribution is -2.19. The number of fused-ring (bicyclic) bond motifs is 1. The van der Waals surface area contributed by atoms with E-state index in [1.807, 2.05) is 6.07 Å². The number of aromatic nitrogens is 2. The molecule has 0 amide bonds. The van der Waals surface area contributed by atoms with Gasteiger partial charge < -0.3 is 19.5 Å². The summed E-state index contributed by atoms with van der Waals surface area (Å²) in [5, 5.41) is 3.53. The lowest BCUT2D eigenvalue weighted by atomic mass is 9.94. The Labute approximate surface area is 135 Å². The summed E-state index contributed by atoms with van der Waals surface area (Å²) in [5.74, 6) is 1.72. The summed E-state index contributed by atoms with van der Waals surface area (Å²) in [6.45, 7) is 2.69. The summed E-state index contributed by atoms with van der Waals surface area (Å²) in [6.07, 6.45) is 0. The van der Waals surface area contributed by atoms with Gasteiger partial charge >= 0.3 is 0 Å². The van der Waals surface area contributed by atoms with Crippen LogP contribution in [0.5, 0.6) is 11.8 Å². The largest absolute Gasteiger partial charge is 0.481 e. The van der Waals surface area contributed by atoms with E-state index in [2.05, 4.69) is 34.3 Å². The van der Waals surface area contributed by atoms with Crippen molar-refractivity contribution in [2.24, 2.45) is 0 Å². The average molecular weight is 315 g/mol. The standard InChI is InChI=1S/C17H21N3O3/c1-10-15(17-19-13(22-3)8-14(20-17)23-4)12-7-5-6-11(9-21-2)16(12)18-10/h5-8,10,15,18H,9H2,1-4H3. The summed E-state index contributed by atoms with van der Waals surface area (Å²) in [5.41, 5.74) is 3.41. The molecular formula is C17H21N3O3. The number of methoxy groups -OCH3 is 3. The lowest BCUT2D eigenvalue weighted by molar-refractivity contribution is 0.185. The van der Waals surface area contributed by atoms with Crippen LogP contribution in [0.3, 0.4) is 0 Å². The van der Waals surface area contributed by atoms with Gasteiger partial charge in [-0.3, -0.25) is 0 Å². The molecule has 1 aromatic heterocycles. The number of hydrogen-bond donors (Lipinski definition) is 1. The summed E-state index contributed by atoms with van der Waals surface area (Å²) in [4.78, 5) is 9.04. The normalized spacial score (nSPS) is 19.1. The Morgan fingerprint density at radius 2 is 1.78 bits per heavy atom. The van der Waals surface area contributed by atoms with Crippen molar-refractivity contribution in [3.8, 4) is 11.8 Å². The molecule has 1 N–H and O–H groups in total. The van der Waals surface area contributed by atoms with Crippen LogP contribution in [-0.2, 0) is 11.3 Å². The van der Waals surface area contributed by atoms with E-state index < -0.39 is 0 Å². The molecule has 1 aliphatic rings. The second-order valence-electron chi connectivity index (χ2n) is 5.54. The molecule has 0 saturated carbocycles. The van der Waals surface area contributed by atoms with Gasteiger partial charge in [-0.05, 0) is 12.5 Å². The fraction of sp³-hybridized carbons (Fsp3) is 0.412. The number of rotatable bonds is 5. The second-order valence-corrected chi connectivity index (χ2v) is 5.54. The van der Waals surface area contributed by atoms with Gasteiger partial charge in [0.05, 0.1) is 32.8 Å². The van der Waals surface area contributed by atoms with E-state index in [9.17, 15) is 0 Å². The Balaban J connectivity index is 2.07. The summed E-state index contributed by atoms with van der Waals surface area (Å²) in [6, 6.07) is 8.05. The zero-order valence-electron chi connectivity index (χ0n) is 13.8. The van der Waals surface area contributed by atoms with Crippen LogP contribution in [0.2, 0.25) is 0 Å². The van der Waals surface area contributed by atoms with Crippen molar-refractivity contribution in [2.45, 2.75) is 25.5 Å². The van der Waals surface area contributed by atoms with Crippen LogP contribution in [0.15, 0.2) is 24.3 Å². The van der Waals surface area contributed by atoms with Gasteiger partial charge in [0.1, 0.15) is 5.82 Å². The number of nitrogens with zero attached hydrogens (tertiary/aromatic N) is 2. The minimum Gasteiger partial charge on any atom is -0.481 e. The van der Waals surface area contributed by atoms with Gasteiger partial charge in [0, 0.05) is 24.4 Å². The van der Waals surface area contributed by atoms with Crippen molar-refractivity contribution in [1.29, 1.82) is 0 Å². The molecule has 0 spiro atoms. The van der Waals surface area contributed by atoms with Gasteiger partial charge in [0.15, 0.2) is 0 Å². The number of anilines is 1. The highest BCUT2D eigenvalue weighted by atomic mass is 16.5. The third kappa shape index (κ3) is 2.82. The van der Waals surface area contributed by atoms with E-state index in [1.54, 1.807) is 27.4 Å². The Kier molecular flexibility index (Phi) is 4.34. The molecule has 2 unspecified atom stereocenters.